The van der Waals surface area contributed by atoms with Gasteiger partial charge in [-0.1, -0.05) is 29.8 Å². The van der Waals surface area contributed by atoms with Crippen LogP contribution in [0.2, 0.25) is 5.02 Å². The van der Waals surface area contributed by atoms with Gasteiger partial charge in [0, 0.05) is 23.4 Å². The molecule has 0 aliphatic carbocycles. The Balaban J connectivity index is 1.79. The van der Waals surface area contributed by atoms with Crippen molar-refractivity contribution in [1.82, 2.24) is 0 Å². The first-order valence-electron chi connectivity index (χ1n) is 8.19. The van der Waals surface area contributed by atoms with Crippen molar-refractivity contribution < 1.29 is 18.1 Å². The minimum Gasteiger partial charge on any atom is -0.322 e. The van der Waals surface area contributed by atoms with E-state index in [1.807, 2.05) is 0 Å². The van der Waals surface area contributed by atoms with Gasteiger partial charge in [-0.15, -0.1) is 0 Å². The van der Waals surface area contributed by atoms with Crippen molar-refractivity contribution in [2.45, 2.75) is 4.90 Å². The van der Waals surface area contributed by atoms with E-state index >= 15 is 0 Å². The Hall–Kier alpha value is -3.43. The minimum absolute atomic E-state index is 0.0704. The second kappa shape index (κ2) is 8.29. The molecule has 2 N–H and O–H groups in total. The predicted octanol–water partition coefficient (Wildman–Crippen LogP) is 4.30. The molecule has 3 aromatic carbocycles. The zero-order valence-electron chi connectivity index (χ0n) is 14.7. The van der Waals surface area contributed by atoms with Gasteiger partial charge in [0.15, 0.2) is 0 Å². The summed E-state index contributed by atoms with van der Waals surface area (Å²) in [6.07, 6.45) is 0. The van der Waals surface area contributed by atoms with Crippen molar-refractivity contribution in [2.75, 3.05) is 10.0 Å². The topological polar surface area (TPSA) is 118 Å². The van der Waals surface area contributed by atoms with E-state index in [2.05, 4.69) is 10.0 Å². The standard InChI is InChI=1S/C19H14ClN3O5S/c20-17-6-1-2-7-18(17)22-29(27,28)16-5-3-4-14(12-16)21-19(24)13-8-10-15(11-9-13)23(25)26/h1-12,22H,(H,21,24). The molecule has 10 heteroatoms. The maximum Gasteiger partial charge on any atom is 0.269 e. The molecule has 0 spiro atoms. The molecule has 0 bridgehead atoms. The number of para-hydroxylation sites is 1. The van der Waals surface area contributed by atoms with Gasteiger partial charge in [-0.25, -0.2) is 8.42 Å². The zero-order chi connectivity index (χ0) is 21.0. The largest absolute Gasteiger partial charge is 0.322 e. The number of nitrogens with one attached hydrogen (secondary N) is 2. The number of amides is 1. The molecule has 0 heterocycles. The fourth-order valence-electron chi connectivity index (χ4n) is 2.43. The Bertz CT molecular complexity index is 1180. The van der Waals surface area contributed by atoms with Crippen molar-refractivity contribution in [3.05, 3.63) is 93.5 Å². The van der Waals surface area contributed by atoms with Crippen molar-refractivity contribution in [1.29, 1.82) is 0 Å². The highest BCUT2D eigenvalue weighted by Crippen LogP contribution is 2.25. The molecule has 0 saturated carbocycles. The van der Waals surface area contributed by atoms with Crippen molar-refractivity contribution >= 4 is 44.6 Å². The third kappa shape index (κ3) is 4.89. The van der Waals surface area contributed by atoms with E-state index in [0.29, 0.717) is 0 Å². The van der Waals surface area contributed by atoms with Gasteiger partial charge in [-0.2, -0.15) is 0 Å². The van der Waals surface area contributed by atoms with Crippen molar-refractivity contribution in [2.24, 2.45) is 0 Å². The molecule has 0 fully saturated rings. The second-order valence-corrected chi connectivity index (χ2v) is 7.96. The molecule has 0 aromatic heterocycles. The monoisotopic (exact) mass is 431 g/mol. The van der Waals surface area contributed by atoms with Gasteiger partial charge in [0.05, 0.1) is 20.5 Å². The smallest absolute Gasteiger partial charge is 0.269 e. The van der Waals surface area contributed by atoms with E-state index in [1.54, 1.807) is 18.2 Å². The molecule has 0 saturated heterocycles. The fraction of sp³-hybridized carbons (Fsp3) is 0. The summed E-state index contributed by atoms with van der Waals surface area (Å²) >= 11 is 5.99. The molecule has 3 aromatic rings. The summed E-state index contributed by atoms with van der Waals surface area (Å²) in [6.45, 7) is 0. The van der Waals surface area contributed by atoms with Crippen molar-refractivity contribution in [3.8, 4) is 0 Å². The number of hydrogen-bond donors (Lipinski definition) is 2. The summed E-state index contributed by atoms with van der Waals surface area (Å²) in [5.41, 5.74) is 0.531. The zero-order valence-corrected chi connectivity index (χ0v) is 16.3. The molecule has 0 unspecified atom stereocenters. The molecule has 29 heavy (non-hydrogen) atoms. The molecular weight excluding hydrogens is 418 g/mol. The lowest BCUT2D eigenvalue weighted by molar-refractivity contribution is -0.384. The number of nitro groups is 1. The highest BCUT2D eigenvalue weighted by molar-refractivity contribution is 7.92. The highest BCUT2D eigenvalue weighted by atomic mass is 35.5. The molecule has 1 amide bonds. The lowest BCUT2D eigenvalue weighted by atomic mass is 10.2. The number of rotatable bonds is 6. The number of benzene rings is 3. The summed E-state index contributed by atoms with van der Waals surface area (Å²) in [4.78, 5) is 22.4. The lowest BCUT2D eigenvalue weighted by Gasteiger charge is -2.11. The maximum absolute atomic E-state index is 12.6. The van der Waals surface area contributed by atoms with Crippen LogP contribution in [0.15, 0.2) is 77.7 Å². The Morgan fingerprint density at radius 2 is 1.66 bits per heavy atom. The number of hydrogen-bond acceptors (Lipinski definition) is 5. The van der Waals surface area contributed by atoms with Gasteiger partial charge in [-0.05, 0) is 42.5 Å². The summed E-state index contributed by atoms with van der Waals surface area (Å²) in [5, 5.41) is 13.5. The van der Waals surface area contributed by atoms with Gasteiger partial charge >= 0.3 is 0 Å². The van der Waals surface area contributed by atoms with E-state index in [9.17, 15) is 23.3 Å². The average Bonchev–Trinajstić information content (AvgIpc) is 2.70. The van der Waals surface area contributed by atoms with Crippen LogP contribution >= 0.6 is 11.6 Å². The number of nitro benzene ring substituents is 1. The van der Waals surface area contributed by atoms with Crippen LogP contribution in [-0.4, -0.2) is 19.2 Å². The molecule has 0 aliphatic rings. The SMILES string of the molecule is O=C(Nc1cccc(S(=O)(=O)Nc2ccccc2Cl)c1)c1ccc([N+](=O)[O-])cc1. The third-order valence-corrected chi connectivity index (χ3v) is 5.55. The number of carbonyl (C=O) groups excluding carboxylic acids is 1. The quantitative estimate of drug-likeness (QED) is 0.445. The molecular formula is C19H14ClN3O5S. The van der Waals surface area contributed by atoms with Gasteiger partial charge in [0.25, 0.3) is 21.6 Å². The lowest BCUT2D eigenvalue weighted by Crippen LogP contribution is -2.15. The van der Waals surface area contributed by atoms with Gasteiger partial charge in [0.1, 0.15) is 0 Å². The summed E-state index contributed by atoms with van der Waals surface area (Å²) in [5.74, 6) is -0.534. The highest BCUT2D eigenvalue weighted by Gasteiger charge is 2.17. The van der Waals surface area contributed by atoms with Crippen LogP contribution in [0.3, 0.4) is 0 Å². The van der Waals surface area contributed by atoms with Gasteiger partial charge in [-0.3, -0.25) is 19.6 Å². The molecule has 0 aliphatic heterocycles. The molecule has 3 rings (SSSR count). The molecule has 8 nitrogen and oxygen atoms in total. The van der Waals surface area contributed by atoms with E-state index in [1.165, 1.54) is 54.6 Å². The molecule has 0 radical (unpaired) electrons. The van der Waals surface area contributed by atoms with Crippen LogP contribution in [-0.2, 0) is 10.0 Å². The summed E-state index contributed by atoms with van der Waals surface area (Å²) in [7, 11) is -3.93. The Morgan fingerprint density at radius 3 is 2.31 bits per heavy atom. The first-order chi connectivity index (χ1) is 13.8. The van der Waals surface area contributed by atoms with E-state index in [-0.39, 0.29) is 32.5 Å². The summed E-state index contributed by atoms with van der Waals surface area (Å²) < 4.78 is 27.6. The Morgan fingerprint density at radius 1 is 0.966 bits per heavy atom. The first-order valence-corrected chi connectivity index (χ1v) is 10.1. The van der Waals surface area contributed by atoms with Crippen LogP contribution in [0.4, 0.5) is 17.1 Å². The number of carbonyl (C=O) groups is 1. The Labute approximate surface area is 171 Å². The third-order valence-electron chi connectivity index (χ3n) is 3.86. The van der Waals surface area contributed by atoms with E-state index < -0.39 is 20.9 Å². The molecule has 148 valence electrons. The van der Waals surface area contributed by atoms with Crippen LogP contribution < -0.4 is 10.0 Å². The predicted molar refractivity (Wildman–Crippen MR) is 110 cm³/mol. The number of nitrogens with zero attached hydrogens (tertiary/aromatic N) is 1. The second-order valence-electron chi connectivity index (χ2n) is 5.87. The average molecular weight is 432 g/mol. The van der Waals surface area contributed by atoms with Crippen LogP contribution in [0.5, 0.6) is 0 Å². The number of halogens is 1. The first kappa shape index (κ1) is 20.3. The maximum atomic E-state index is 12.6. The van der Waals surface area contributed by atoms with E-state index in [4.69, 9.17) is 11.6 Å². The van der Waals surface area contributed by atoms with Gasteiger partial charge < -0.3 is 5.32 Å². The number of non-ortho nitro benzene ring substituents is 1. The Kier molecular flexibility index (Phi) is 5.81. The number of sulfonamides is 1. The van der Waals surface area contributed by atoms with Crippen molar-refractivity contribution in [3.63, 3.8) is 0 Å². The van der Waals surface area contributed by atoms with Crippen LogP contribution in [0.1, 0.15) is 10.4 Å². The summed E-state index contributed by atoms with van der Waals surface area (Å²) in [6, 6.07) is 17.1. The van der Waals surface area contributed by atoms with Gasteiger partial charge in [0.2, 0.25) is 0 Å². The molecule has 0 atom stereocenters. The van der Waals surface area contributed by atoms with E-state index in [0.717, 1.165) is 0 Å². The fourth-order valence-corrected chi connectivity index (χ4v) is 3.79. The normalized spacial score (nSPS) is 10.9. The van der Waals surface area contributed by atoms with Crippen LogP contribution in [0.25, 0.3) is 0 Å². The van der Waals surface area contributed by atoms with Crippen LogP contribution in [0, 0.1) is 10.1 Å². The minimum atomic E-state index is -3.93. The number of anilines is 2.